The third-order valence-corrected chi connectivity index (χ3v) is 3.43. The molecule has 1 aromatic carbocycles. The summed E-state index contributed by atoms with van der Waals surface area (Å²) in [5.74, 6) is 0.0829. The van der Waals surface area contributed by atoms with E-state index >= 15 is 0 Å². The average molecular weight is 331 g/mol. The Morgan fingerprint density at radius 2 is 2.09 bits per heavy atom. The molecule has 1 rings (SSSR count). The van der Waals surface area contributed by atoms with Gasteiger partial charge >= 0.3 is 6.03 Å². The van der Waals surface area contributed by atoms with Crippen LogP contribution in [0.1, 0.15) is 6.92 Å². The zero-order valence-corrected chi connectivity index (χ0v) is 13.0. The molecule has 0 aromatic heterocycles. The molecule has 10 heteroatoms. The van der Waals surface area contributed by atoms with Gasteiger partial charge in [0.25, 0.3) is 5.69 Å². The number of urea groups is 1. The maximum atomic E-state index is 11.7. The molecule has 122 valence electrons. The maximum Gasteiger partial charge on any atom is 0.319 e. The molecule has 0 spiro atoms. The second-order valence-corrected chi connectivity index (χ2v) is 6.64. The molecule has 9 nitrogen and oxygen atoms in total. The first-order valence-electron chi connectivity index (χ1n) is 6.36. The molecule has 0 fully saturated rings. The van der Waals surface area contributed by atoms with Crippen molar-refractivity contribution in [3.8, 4) is 5.75 Å². The van der Waals surface area contributed by atoms with Crippen LogP contribution >= 0.6 is 0 Å². The van der Waals surface area contributed by atoms with Gasteiger partial charge in [0.05, 0.1) is 23.0 Å². The first-order valence-corrected chi connectivity index (χ1v) is 8.43. The van der Waals surface area contributed by atoms with E-state index in [9.17, 15) is 23.3 Å². The monoisotopic (exact) mass is 331 g/mol. The lowest BCUT2D eigenvalue weighted by atomic mass is 10.2. The molecule has 1 aromatic rings. The molecule has 0 saturated heterocycles. The van der Waals surface area contributed by atoms with E-state index in [1.807, 2.05) is 0 Å². The van der Waals surface area contributed by atoms with Crippen molar-refractivity contribution in [2.45, 2.75) is 6.92 Å². The molecule has 0 heterocycles. The van der Waals surface area contributed by atoms with Crippen LogP contribution in [0.3, 0.4) is 0 Å². The highest BCUT2D eigenvalue weighted by atomic mass is 32.2. The number of amides is 2. The molecule has 0 aliphatic heterocycles. The van der Waals surface area contributed by atoms with Crippen molar-refractivity contribution in [1.29, 1.82) is 0 Å². The van der Waals surface area contributed by atoms with Crippen molar-refractivity contribution < 1.29 is 22.9 Å². The lowest BCUT2D eigenvalue weighted by molar-refractivity contribution is -0.384. The number of rotatable bonds is 7. The predicted molar refractivity (Wildman–Crippen MR) is 81.0 cm³/mol. The van der Waals surface area contributed by atoms with E-state index in [1.165, 1.54) is 18.2 Å². The van der Waals surface area contributed by atoms with E-state index in [4.69, 9.17) is 4.74 Å². The summed E-state index contributed by atoms with van der Waals surface area (Å²) in [6.45, 7) is 1.99. The molecule has 0 aliphatic carbocycles. The van der Waals surface area contributed by atoms with Crippen molar-refractivity contribution in [3.63, 3.8) is 0 Å². The minimum absolute atomic E-state index is 0.0659. The van der Waals surface area contributed by atoms with Crippen LogP contribution in [0.5, 0.6) is 5.75 Å². The van der Waals surface area contributed by atoms with Gasteiger partial charge in [0, 0.05) is 24.9 Å². The van der Waals surface area contributed by atoms with Gasteiger partial charge in [0.1, 0.15) is 15.6 Å². The van der Waals surface area contributed by atoms with Gasteiger partial charge in [-0.25, -0.2) is 13.2 Å². The average Bonchev–Trinajstić information content (AvgIpc) is 2.39. The number of hydrogen-bond acceptors (Lipinski definition) is 6. The Balaban J connectivity index is 2.78. The van der Waals surface area contributed by atoms with Gasteiger partial charge in [-0.2, -0.15) is 0 Å². The summed E-state index contributed by atoms with van der Waals surface area (Å²) in [7, 11) is -3.18. The lowest BCUT2D eigenvalue weighted by Crippen LogP contribution is -2.32. The molecule has 0 unspecified atom stereocenters. The van der Waals surface area contributed by atoms with Crippen LogP contribution in [0.15, 0.2) is 18.2 Å². The number of nitro groups is 1. The van der Waals surface area contributed by atoms with Crippen LogP contribution in [0.2, 0.25) is 0 Å². The van der Waals surface area contributed by atoms with E-state index < -0.39 is 20.8 Å². The zero-order valence-electron chi connectivity index (χ0n) is 12.2. The summed E-state index contributed by atoms with van der Waals surface area (Å²) in [4.78, 5) is 21.9. The van der Waals surface area contributed by atoms with Crippen molar-refractivity contribution in [2.24, 2.45) is 0 Å². The minimum atomic E-state index is -3.18. The Hall–Kier alpha value is -2.36. The Bertz CT molecular complexity index is 659. The third kappa shape index (κ3) is 5.95. The number of nitrogens with zero attached hydrogens (tertiary/aromatic N) is 1. The van der Waals surface area contributed by atoms with E-state index in [0.29, 0.717) is 6.61 Å². The quantitative estimate of drug-likeness (QED) is 0.570. The minimum Gasteiger partial charge on any atom is -0.492 e. The number of carbonyl (C=O) groups excluding carboxylic acids is 1. The van der Waals surface area contributed by atoms with E-state index in [-0.39, 0.29) is 29.4 Å². The maximum absolute atomic E-state index is 11.7. The molecular weight excluding hydrogens is 314 g/mol. The first kappa shape index (κ1) is 17.7. The number of ether oxygens (including phenoxy) is 1. The van der Waals surface area contributed by atoms with Gasteiger partial charge in [-0.3, -0.25) is 10.1 Å². The molecule has 2 amide bonds. The molecule has 0 aliphatic rings. The predicted octanol–water partition coefficient (Wildman–Crippen LogP) is 1.16. The van der Waals surface area contributed by atoms with Gasteiger partial charge < -0.3 is 15.4 Å². The van der Waals surface area contributed by atoms with Crippen molar-refractivity contribution in [2.75, 3.05) is 30.5 Å². The second-order valence-electron chi connectivity index (χ2n) is 4.38. The Morgan fingerprint density at radius 1 is 1.41 bits per heavy atom. The topological polar surface area (TPSA) is 128 Å². The second kappa shape index (κ2) is 7.59. The summed E-state index contributed by atoms with van der Waals surface area (Å²) in [6.07, 6.45) is 1.06. The van der Waals surface area contributed by atoms with Crippen LogP contribution in [0.25, 0.3) is 0 Å². The van der Waals surface area contributed by atoms with Crippen LogP contribution in [0.4, 0.5) is 16.2 Å². The van der Waals surface area contributed by atoms with Crippen LogP contribution in [-0.2, 0) is 9.84 Å². The van der Waals surface area contributed by atoms with Crippen molar-refractivity contribution in [3.05, 3.63) is 28.3 Å². The number of nitro benzene ring substituents is 1. The number of benzene rings is 1. The van der Waals surface area contributed by atoms with Crippen LogP contribution < -0.4 is 15.4 Å². The summed E-state index contributed by atoms with van der Waals surface area (Å²) in [5, 5.41) is 15.5. The third-order valence-electron chi connectivity index (χ3n) is 2.48. The smallest absolute Gasteiger partial charge is 0.319 e. The van der Waals surface area contributed by atoms with Gasteiger partial charge in [-0.15, -0.1) is 0 Å². The lowest BCUT2D eigenvalue weighted by Gasteiger charge is -2.12. The number of hydrogen-bond donors (Lipinski definition) is 2. The van der Waals surface area contributed by atoms with E-state index in [1.54, 1.807) is 6.92 Å². The number of sulfone groups is 1. The number of non-ortho nitro benzene ring substituents is 1. The highest BCUT2D eigenvalue weighted by molar-refractivity contribution is 7.90. The van der Waals surface area contributed by atoms with Crippen molar-refractivity contribution in [1.82, 2.24) is 5.32 Å². The van der Waals surface area contributed by atoms with Gasteiger partial charge in [0.15, 0.2) is 0 Å². The fraction of sp³-hybridized carbons (Fsp3) is 0.417. The summed E-state index contributed by atoms with van der Waals surface area (Å²) in [6, 6.07) is 3.14. The van der Waals surface area contributed by atoms with Gasteiger partial charge in [0.2, 0.25) is 0 Å². The Kier molecular flexibility index (Phi) is 6.11. The molecule has 0 atom stereocenters. The molecule has 0 saturated carbocycles. The number of anilines is 1. The molecule has 2 N–H and O–H groups in total. The Morgan fingerprint density at radius 3 is 2.64 bits per heavy atom. The standard InChI is InChI=1S/C12H17N3O6S/c1-3-21-11-5-4-9(15(17)18)8-10(11)14-12(16)13-6-7-22(2,19)20/h4-5,8H,3,6-7H2,1-2H3,(H2,13,14,16). The van der Waals surface area contributed by atoms with Gasteiger partial charge in [-0.1, -0.05) is 0 Å². The first-order chi connectivity index (χ1) is 10.2. The summed E-state index contributed by atoms with van der Waals surface area (Å²) in [5.41, 5.74) is -0.0669. The van der Waals surface area contributed by atoms with Gasteiger partial charge in [-0.05, 0) is 13.0 Å². The Labute approximate surface area is 127 Å². The molecule has 0 bridgehead atoms. The highest BCUT2D eigenvalue weighted by Gasteiger charge is 2.14. The fourth-order valence-electron chi connectivity index (χ4n) is 1.53. The SMILES string of the molecule is CCOc1ccc([N+](=O)[O-])cc1NC(=O)NCCS(C)(=O)=O. The largest absolute Gasteiger partial charge is 0.492 e. The molecule has 0 radical (unpaired) electrons. The van der Waals surface area contributed by atoms with Crippen LogP contribution in [-0.4, -0.2) is 44.5 Å². The highest BCUT2D eigenvalue weighted by Crippen LogP contribution is 2.29. The fourth-order valence-corrected chi connectivity index (χ4v) is 2.00. The number of nitrogens with one attached hydrogen (secondary N) is 2. The summed E-state index contributed by atoms with van der Waals surface area (Å²) < 4.78 is 27.2. The van der Waals surface area contributed by atoms with Crippen LogP contribution in [0, 0.1) is 10.1 Å². The summed E-state index contributed by atoms with van der Waals surface area (Å²) >= 11 is 0. The molecular formula is C12H17N3O6S. The van der Waals surface area contributed by atoms with E-state index in [2.05, 4.69) is 10.6 Å². The zero-order chi connectivity index (χ0) is 16.8. The molecule has 22 heavy (non-hydrogen) atoms. The number of carbonyl (C=O) groups is 1. The normalized spacial score (nSPS) is 10.8. The van der Waals surface area contributed by atoms with E-state index in [0.717, 1.165) is 6.26 Å². The van der Waals surface area contributed by atoms with Crippen molar-refractivity contribution >= 4 is 27.2 Å².